The Morgan fingerprint density at radius 2 is 2.03 bits per heavy atom. The summed E-state index contributed by atoms with van der Waals surface area (Å²) in [5.41, 5.74) is 1.23. The third-order valence-electron chi connectivity index (χ3n) is 4.64. The van der Waals surface area contributed by atoms with Gasteiger partial charge in [0.15, 0.2) is 17.5 Å². The largest absolute Gasteiger partial charge is 0.493 e. The number of nitrogens with one attached hydrogen (secondary N) is 2. The summed E-state index contributed by atoms with van der Waals surface area (Å²) in [4.78, 5) is 6.44. The first kappa shape index (κ1) is 22.6. The molecule has 0 saturated carbocycles. The second-order valence-corrected chi connectivity index (χ2v) is 6.90. The van der Waals surface area contributed by atoms with E-state index in [9.17, 15) is 0 Å². The lowest BCUT2D eigenvalue weighted by Gasteiger charge is -2.23. The van der Waals surface area contributed by atoms with Gasteiger partial charge in [-0.25, -0.2) is 0 Å². The first-order chi connectivity index (χ1) is 14.1. The molecule has 1 unspecified atom stereocenters. The van der Waals surface area contributed by atoms with Crippen LogP contribution < -0.4 is 20.1 Å². The Balaban J connectivity index is 1.79. The molecule has 2 N–H and O–H groups in total. The van der Waals surface area contributed by atoms with Crippen LogP contribution in [0.5, 0.6) is 11.5 Å². The summed E-state index contributed by atoms with van der Waals surface area (Å²) in [6.45, 7) is 4.12. The number of benzene rings is 1. The Morgan fingerprint density at radius 1 is 1.21 bits per heavy atom. The molecule has 160 valence electrons. The highest BCUT2D eigenvalue weighted by atomic mass is 16.5. The third kappa shape index (κ3) is 7.02. The minimum absolute atomic E-state index is 0.139. The summed E-state index contributed by atoms with van der Waals surface area (Å²) in [7, 11) is 7.52. The van der Waals surface area contributed by atoms with Gasteiger partial charge in [0.2, 0.25) is 0 Å². The van der Waals surface area contributed by atoms with E-state index >= 15 is 0 Å². The Morgan fingerprint density at radius 3 is 2.66 bits per heavy atom. The fourth-order valence-electron chi connectivity index (χ4n) is 3.08. The minimum Gasteiger partial charge on any atom is -0.493 e. The normalized spacial score (nSPS) is 12.7. The molecule has 2 rings (SSSR count). The Bertz CT molecular complexity index is 745. The van der Waals surface area contributed by atoms with E-state index < -0.39 is 0 Å². The minimum atomic E-state index is 0.139. The zero-order chi connectivity index (χ0) is 21.1. The van der Waals surface area contributed by atoms with Gasteiger partial charge in [-0.3, -0.25) is 9.89 Å². The van der Waals surface area contributed by atoms with Crippen LogP contribution in [-0.4, -0.2) is 58.8 Å². The van der Waals surface area contributed by atoms with Crippen LogP contribution >= 0.6 is 0 Å². The van der Waals surface area contributed by atoms with E-state index in [2.05, 4.69) is 32.7 Å². The van der Waals surface area contributed by atoms with Crippen molar-refractivity contribution < 1.29 is 13.9 Å². The fraction of sp³-hybridized carbons (Fsp3) is 0.500. The molecule has 7 nitrogen and oxygen atoms in total. The van der Waals surface area contributed by atoms with Gasteiger partial charge in [-0.1, -0.05) is 6.07 Å². The standard InChI is InChI=1S/C22H34N4O3/c1-6-28-21-15-17(11-12-20(21)27-5)9-7-13-24-22(23-2)25-16-18(26(3)4)19-10-8-14-29-19/h8,10-12,14-15,18H,6-7,9,13,16H2,1-5H3,(H2,23,24,25). The predicted molar refractivity (Wildman–Crippen MR) is 117 cm³/mol. The maximum atomic E-state index is 5.65. The molecule has 2 aromatic rings. The fourth-order valence-corrected chi connectivity index (χ4v) is 3.08. The van der Waals surface area contributed by atoms with Gasteiger partial charge < -0.3 is 24.5 Å². The number of methoxy groups -OCH3 is 1. The lowest BCUT2D eigenvalue weighted by molar-refractivity contribution is 0.258. The number of hydrogen-bond acceptors (Lipinski definition) is 5. The van der Waals surface area contributed by atoms with Crippen molar-refractivity contribution in [1.82, 2.24) is 15.5 Å². The molecule has 0 aliphatic rings. The highest BCUT2D eigenvalue weighted by Crippen LogP contribution is 2.28. The lowest BCUT2D eigenvalue weighted by atomic mass is 10.1. The molecule has 29 heavy (non-hydrogen) atoms. The van der Waals surface area contributed by atoms with Crippen molar-refractivity contribution in [2.45, 2.75) is 25.8 Å². The Hall–Kier alpha value is -2.67. The van der Waals surface area contributed by atoms with Crippen molar-refractivity contribution in [2.75, 3.05) is 47.9 Å². The van der Waals surface area contributed by atoms with E-state index in [1.165, 1.54) is 5.56 Å². The second-order valence-electron chi connectivity index (χ2n) is 6.90. The van der Waals surface area contributed by atoms with E-state index in [1.54, 1.807) is 20.4 Å². The molecule has 1 atom stereocenters. The van der Waals surface area contributed by atoms with Crippen LogP contribution in [0, 0.1) is 0 Å². The highest BCUT2D eigenvalue weighted by molar-refractivity contribution is 5.79. The summed E-state index contributed by atoms with van der Waals surface area (Å²) in [6.07, 6.45) is 3.63. The van der Waals surface area contributed by atoms with E-state index in [1.807, 2.05) is 39.2 Å². The Labute approximate surface area is 174 Å². The average Bonchev–Trinajstić information content (AvgIpc) is 3.24. The first-order valence-electron chi connectivity index (χ1n) is 10.0. The number of hydrogen-bond donors (Lipinski definition) is 2. The smallest absolute Gasteiger partial charge is 0.191 e. The molecule has 0 aliphatic heterocycles. The molecular weight excluding hydrogens is 368 g/mol. The molecule has 0 radical (unpaired) electrons. The third-order valence-corrected chi connectivity index (χ3v) is 4.64. The topological polar surface area (TPSA) is 71.3 Å². The van der Waals surface area contributed by atoms with Crippen molar-refractivity contribution in [2.24, 2.45) is 4.99 Å². The van der Waals surface area contributed by atoms with Gasteiger partial charge in [0, 0.05) is 20.1 Å². The molecule has 1 aromatic heterocycles. The van der Waals surface area contributed by atoms with Crippen LogP contribution in [0.4, 0.5) is 0 Å². The second kappa shape index (κ2) is 12.0. The van der Waals surface area contributed by atoms with Crippen molar-refractivity contribution in [3.05, 3.63) is 47.9 Å². The summed E-state index contributed by atoms with van der Waals surface area (Å²) in [5.74, 6) is 3.28. The van der Waals surface area contributed by atoms with Gasteiger partial charge in [-0.05, 0) is 63.7 Å². The molecule has 0 spiro atoms. The van der Waals surface area contributed by atoms with E-state index in [-0.39, 0.29) is 6.04 Å². The van der Waals surface area contributed by atoms with Crippen LogP contribution in [0.3, 0.4) is 0 Å². The number of nitrogens with zero attached hydrogens (tertiary/aromatic N) is 2. The van der Waals surface area contributed by atoms with Crippen molar-refractivity contribution in [3.63, 3.8) is 0 Å². The van der Waals surface area contributed by atoms with Gasteiger partial charge in [-0.2, -0.15) is 0 Å². The SMILES string of the molecule is CCOc1cc(CCCNC(=NC)NCC(c2ccco2)N(C)C)ccc1OC. The summed E-state index contributed by atoms with van der Waals surface area (Å²) in [6, 6.07) is 10.1. The summed E-state index contributed by atoms with van der Waals surface area (Å²) < 4.78 is 16.5. The maximum Gasteiger partial charge on any atom is 0.191 e. The number of ether oxygens (including phenoxy) is 2. The zero-order valence-electron chi connectivity index (χ0n) is 18.2. The van der Waals surface area contributed by atoms with Gasteiger partial charge in [0.1, 0.15) is 5.76 Å². The maximum absolute atomic E-state index is 5.65. The van der Waals surface area contributed by atoms with Crippen LogP contribution in [0.25, 0.3) is 0 Å². The van der Waals surface area contributed by atoms with Crippen LogP contribution in [-0.2, 0) is 6.42 Å². The van der Waals surface area contributed by atoms with Gasteiger partial charge in [-0.15, -0.1) is 0 Å². The quantitative estimate of drug-likeness (QED) is 0.342. The molecule has 0 saturated heterocycles. The average molecular weight is 403 g/mol. The number of rotatable bonds is 11. The first-order valence-corrected chi connectivity index (χ1v) is 10.0. The zero-order valence-corrected chi connectivity index (χ0v) is 18.2. The number of aryl methyl sites for hydroxylation is 1. The molecule has 1 heterocycles. The molecule has 7 heteroatoms. The predicted octanol–water partition coefficient (Wildman–Crippen LogP) is 3.09. The highest BCUT2D eigenvalue weighted by Gasteiger charge is 2.17. The number of likely N-dealkylation sites (N-methyl/N-ethyl adjacent to an activating group) is 1. The molecule has 0 aliphatic carbocycles. The van der Waals surface area contributed by atoms with E-state index in [0.717, 1.165) is 42.6 Å². The van der Waals surface area contributed by atoms with Crippen LogP contribution in [0.2, 0.25) is 0 Å². The number of furan rings is 1. The summed E-state index contributed by atoms with van der Waals surface area (Å²) >= 11 is 0. The van der Waals surface area contributed by atoms with Crippen molar-refractivity contribution in [1.29, 1.82) is 0 Å². The monoisotopic (exact) mass is 402 g/mol. The van der Waals surface area contributed by atoms with Crippen molar-refractivity contribution in [3.8, 4) is 11.5 Å². The molecule has 0 bridgehead atoms. The molecule has 0 fully saturated rings. The molecule has 0 amide bonds. The molecular formula is C22H34N4O3. The van der Waals surface area contributed by atoms with Gasteiger partial charge >= 0.3 is 0 Å². The van der Waals surface area contributed by atoms with Gasteiger partial charge in [0.05, 0.1) is 26.0 Å². The van der Waals surface area contributed by atoms with E-state index in [0.29, 0.717) is 13.2 Å². The van der Waals surface area contributed by atoms with Crippen LogP contribution in [0.15, 0.2) is 46.0 Å². The van der Waals surface area contributed by atoms with Gasteiger partial charge in [0.25, 0.3) is 0 Å². The van der Waals surface area contributed by atoms with E-state index in [4.69, 9.17) is 13.9 Å². The number of aliphatic imine (C=N–C) groups is 1. The van der Waals surface area contributed by atoms with Crippen molar-refractivity contribution >= 4 is 5.96 Å². The van der Waals surface area contributed by atoms with Crippen LogP contribution in [0.1, 0.15) is 30.7 Å². The molecule has 1 aromatic carbocycles. The number of guanidine groups is 1. The lowest BCUT2D eigenvalue weighted by Crippen LogP contribution is -2.42. The summed E-state index contributed by atoms with van der Waals surface area (Å²) in [5, 5.41) is 6.75. The Kier molecular flexibility index (Phi) is 9.37.